The number of rotatable bonds is 3. The fourth-order valence-corrected chi connectivity index (χ4v) is 4.12. The zero-order valence-electron chi connectivity index (χ0n) is 9.22. The summed E-state index contributed by atoms with van der Waals surface area (Å²) < 4.78 is 25.8. The number of hydrogen-bond donors (Lipinski definition) is 1. The first-order valence-corrected chi connectivity index (χ1v) is 7.68. The maximum Gasteiger partial charge on any atom is 0.218 e. The van der Waals surface area contributed by atoms with E-state index in [4.69, 9.17) is 5.73 Å². The number of nitrogens with zero attached hydrogens (tertiary/aromatic N) is 1. The lowest BCUT2D eigenvalue weighted by Crippen LogP contribution is -2.42. The van der Waals surface area contributed by atoms with E-state index >= 15 is 0 Å². The maximum atomic E-state index is 12.1. The van der Waals surface area contributed by atoms with Gasteiger partial charge in [-0.3, -0.25) is 0 Å². The Hall–Kier alpha value is -0.430. The summed E-state index contributed by atoms with van der Waals surface area (Å²) >= 11 is 1.71. The standard InChI is InChI=1S/C10H16N2O2S2/c1-8(6-11)16(13,14)12-4-2-10-9(7-12)3-5-15-10/h3,5,8H,2,4,6-7,11H2,1H3. The molecule has 90 valence electrons. The van der Waals surface area contributed by atoms with Crippen LogP contribution in [0.2, 0.25) is 0 Å². The average molecular weight is 260 g/mol. The molecule has 2 heterocycles. The summed E-state index contributed by atoms with van der Waals surface area (Å²) in [5, 5.41) is 1.53. The van der Waals surface area contributed by atoms with E-state index in [9.17, 15) is 8.42 Å². The molecule has 6 heteroatoms. The first-order valence-electron chi connectivity index (χ1n) is 5.30. The van der Waals surface area contributed by atoms with Crippen LogP contribution in [0.3, 0.4) is 0 Å². The Labute approximate surface area is 100 Å². The third-order valence-corrected chi connectivity index (χ3v) is 6.24. The zero-order chi connectivity index (χ0) is 11.8. The molecule has 0 spiro atoms. The molecule has 0 saturated carbocycles. The highest BCUT2D eigenvalue weighted by molar-refractivity contribution is 7.89. The Morgan fingerprint density at radius 3 is 3.06 bits per heavy atom. The summed E-state index contributed by atoms with van der Waals surface area (Å²) in [6.45, 7) is 2.93. The van der Waals surface area contributed by atoms with Gasteiger partial charge < -0.3 is 5.73 Å². The summed E-state index contributed by atoms with van der Waals surface area (Å²) in [4.78, 5) is 1.31. The molecular weight excluding hydrogens is 244 g/mol. The molecule has 1 aromatic rings. The van der Waals surface area contributed by atoms with Crippen molar-refractivity contribution in [3.63, 3.8) is 0 Å². The molecule has 1 aliphatic heterocycles. The monoisotopic (exact) mass is 260 g/mol. The van der Waals surface area contributed by atoms with Gasteiger partial charge in [0.05, 0.1) is 5.25 Å². The number of fused-ring (bicyclic) bond motifs is 1. The molecule has 1 unspecified atom stereocenters. The lowest BCUT2D eigenvalue weighted by molar-refractivity contribution is 0.388. The molecular formula is C10H16N2O2S2. The van der Waals surface area contributed by atoms with E-state index in [-0.39, 0.29) is 6.54 Å². The molecule has 0 amide bonds. The van der Waals surface area contributed by atoms with Crippen molar-refractivity contribution in [2.45, 2.75) is 25.1 Å². The molecule has 0 aromatic carbocycles. The van der Waals surface area contributed by atoms with Crippen molar-refractivity contribution in [3.05, 3.63) is 21.9 Å². The van der Waals surface area contributed by atoms with Crippen molar-refractivity contribution in [1.29, 1.82) is 0 Å². The van der Waals surface area contributed by atoms with Gasteiger partial charge in [-0.15, -0.1) is 11.3 Å². The van der Waals surface area contributed by atoms with Gasteiger partial charge in [-0.1, -0.05) is 0 Å². The highest BCUT2D eigenvalue weighted by Gasteiger charge is 2.30. The van der Waals surface area contributed by atoms with Gasteiger partial charge in [0.1, 0.15) is 0 Å². The summed E-state index contributed by atoms with van der Waals surface area (Å²) in [6.07, 6.45) is 0.823. The van der Waals surface area contributed by atoms with Crippen molar-refractivity contribution >= 4 is 21.4 Å². The second kappa shape index (κ2) is 4.44. The lowest BCUT2D eigenvalue weighted by atomic mass is 10.1. The van der Waals surface area contributed by atoms with E-state index in [2.05, 4.69) is 0 Å². The zero-order valence-corrected chi connectivity index (χ0v) is 10.9. The minimum atomic E-state index is -3.22. The largest absolute Gasteiger partial charge is 0.329 e. The molecule has 0 bridgehead atoms. The second-order valence-electron chi connectivity index (χ2n) is 4.04. The molecule has 0 aliphatic carbocycles. The van der Waals surface area contributed by atoms with E-state index in [1.807, 2.05) is 11.4 Å². The normalized spacial score (nSPS) is 19.4. The summed E-state index contributed by atoms with van der Waals surface area (Å²) in [6, 6.07) is 2.01. The predicted octanol–water partition coefficient (Wildman–Crippen LogP) is 0.783. The minimum absolute atomic E-state index is 0.176. The second-order valence-corrected chi connectivity index (χ2v) is 7.40. The first kappa shape index (κ1) is 12.0. The summed E-state index contributed by atoms with van der Waals surface area (Å²) in [7, 11) is -3.22. The topological polar surface area (TPSA) is 63.4 Å². The van der Waals surface area contributed by atoms with E-state index in [0.717, 1.165) is 12.0 Å². The quantitative estimate of drug-likeness (QED) is 0.873. The third kappa shape index (κ3) is 2.02. The van der Waals surface area contributed by atoms with Gasteiger partial charge in [-0.25, -0.2) is 8.42 Å². The Bertz CT molecular complexity index is 467. The van der Waals surface area contributed by atoms with Crippen LogP contribution in [-0.4, -0.2) is 31.1 Å². The number of nitrogens with two attached hydrogens (primary N) is 1. The van der Waals surface area contributed by atoms with Crippen LogP contribution in [0.1, 0.15) is 17.4 Å². The first-order chi connectivity index (χ1) is 7.55. The van der Waals surface area contributed by atoms with Gasteiger partial charge in [0.25, 0.3) is 0 Å². The number of hydrogen-bond acceptors (Lipinski definition) is 4. The van der Waals surface area contributed by atoms with Gasteiger partial charge in [0, 0.05) is 24.5 Å². The van der Waals surface area contributed by atoms with Crippen LogP contribution < -0.4 is 5.73 Å². The highest BCUT2D eigenvalue weighted by atomic mass is 32.2. The van der Waals surface area contributed by atoms with Crippen LogP contribution in [-0.2, 0) is 23.0 Å². The summed E-state index contributed by atoms with van der Waals surface area (Å²) in [5.74, 6) is 0. The van der Waals surface area contributed by atoms with Crippen LogP contribution in [0, 0.1) is 0 Å². The van der Waals surface area contributed by atoms with Gasteiger partial charge in [-0.2, -0.15) is 4.31 Å². The van der Waals surface area contributed by atoms with E-state index in [1.165, 1.54) is 4.88 Å². The van der Waals surface area contributed by atoms with Gasteiger partial charge in [-0.05, 0) is 30.4 Å². The number of thiophene rings is 1. The minimum Gasteiger partial charge on any atom is -0.329 e. The molecule has 0 radical (unpaired) electrons. The van der Waals surface area contributed by atoms with Crippen LogP contribution in [0.4, 0.5) is 0 Å². The fourth-order valence-electron chi connectivity index (χ4n) is 1.82. The molecule has 16 heavy (non-hydrogen) atoms. The molecule has 4 nitrogen and oxygen atoms in total. The average Bonchev–Trinajstić information content (AvgIpc) is 2.74. The SMILES string of the molecule is CC(CN)S(=O)(=O)N1CCc2sccc2C1. The van der Waals surface area contributed by atoms with Crippen molar-refractivity contribution in [2.75, 3.05) is 13.1 Å². The smallest absolute Gasteiger partial charge is 0.218 e. The van der Waals surface area contributed by atoms with Crippen LogP contribution in [0.15, 0.2) is 11.4 Å². The highest BCUT2D eigenvalue weighted by Crippen LogP contribution is 2.26. The molecule has 2 N–H and O–H groups in total. The van der Waals surface area contributed by atoms with Crippen molar-refractivity contribution < 1.29 is 8.42 Å². The van der Waals surface area contributed by atoms with Crippen molar-refractivity contribution in [1.82, 2.24) is 4.31 Å². The van der Waals surface area contributed by atoms with Gasteiger partial charge in [0.15, 0.2) is 0 Å². The Morgan fingerprint density at radius 1 is 1.62 bits per heavy atom. The van der Waals surface area contributed by atoms with Crippen LogP contribution in [0.5, 0.6) is 0 Å². The summed E-state index contributed by atoms with van der Waals surface area (Å²) in [5.41, 5.74) is 6.58. The van der Waals surface area contributed by atoms with Gasteiger partial charge in [0.2, 0.25) is 10.0 Å². The molecule has 2 rings (SSSR count). The van der Waals surface area contributed by atoms with E-state index in [0.29, 0.717) is 13.1 Å². The molecule has 1 aromatic heterocycles. The Morgan fingerprint density at radius 2 is 2.38 bits per heavy atom. The van der Waals surface area contributed by atoms with Crippen molar-refractivity contribution in [3.8, 4) is 0 Å². The Balaban J connectivity index is 2.21. The fraction of sp³-hybridized carbons (Fsp3) is 0.600. The Kier molecular flexibility index (Phi) is 3.34. The third-order valence-electron chi connectivity index (χ3n) is 2.97. The lowest BCUT2D eigenvalue weighted by Gasteiger charge is -2.28. The predicted molar refractivity (Wildman–Crippen MR) is 65.9 cm³/mol. The maximum absolute atomic E-state index is 12.1. The van der Waals surface area contributed by atoms with E-state index in [1.54, 1.807) is 22.6 Å². The molecule has 0 fully saturated rings. The van der Waals surface area contributed by atoms with Crippen LogP contribution >= 0.6 is 11.3 Å². The molecule has 0 saturated heterocycles. The molecule has 1 aliphatic rings. The molecule has 1 atom stereocenters. The van der Waals surface area contributed by atoms with Gasteiger partial charge >= 0.3 is 0 Å². The van der Waals surface area contributed by atoms with E-state index < -0.39 is 15.3 Å². The van der Waals surface area contributed by atoms with Crippen molar-refractivity contribution in [2.24, 2.45) is 5.73 Å². The number of sulfonamides is 1. The van der Waals surface area contributed by atoms with Crippen LogP contribution in [0.25, 0.3) is 0 Å².